The third-order valence-corrected chi connectivity index (χ3v) is 5.13. The van der Waals surface area contributed by atoms with E-state index in [-0.39, 0.29) is 18.3 Å². The Balaban J connectivity index is 0.00000288. The predicted molar refractivity (Wildman–Crippen MR) is 104 cm³/mol. The van der Waals surface area contributed by atoms with E-state index in [0.29, 0.717) is 24.9 Å². The minimum atomic E-state index is 0. The Hall–Kier alpha value is -0.750. The molecule has 1 amide bonds. The lowest BCUT2D eigenvalue weighted by molar-refractivity contribution is -0.128. The molecule has 1 aromatic rings. The van der Waals surface area contributed by atoms with Crippen molar-refractivity contribution in [3.63, 3.8) is 0 Å². The standard InChI is InChI=1S/C18H28N2O2S.ClH/c19-10-12-20(11-9-16-6-2-1-3-7-16)18(21)15-23-14-17-8-4-5-13-22-17;/h1-3,6-7,17H,4-5,8-15,19H2;1H. The molecule has 1 fully saturated rings. The second-order valence-electron chi connectivity index (χ2n) is 5.91. The van der Waals surface area contributed by atoms with E-state index in [1.807, 2.05) is 23.1 Å². The van der Waals surface area contributed by atoms with Crippen molar-refractivity contribution < 1.29 is 9.53 Å². The van der Waals surface area contributed by atoms with Gasteiger partial charge in [0, 0.05) is 32.0 Å². The lowest BCUT2D eigenvalue weighted by Gasteiger charge is -2.24. The number of thioether (sulfide) groups is 1. The highest BCUT2D eigenvalue weighted by atomic mass is 35.5. The number of amides is 1. The van der Waals surface area contributed by atoms with Crippen molar-refractivity contribution in [2.75, 3.05) is 37.7 Å². The molecule has 0 aliphatic carbocycles. The summed E-state index contributed by atoms with van der Waals surface area (Å²) in [7, 11) is 0. The number of hydrogen-bond acceptors (Lipinski definition) is 4. The number of ether oxygens (including phenoxy) is 1. The number of nitrogens with zero attached hydrogens (tertiary/aromatic N) is 1. The number of benzene rings is 1. The molecular weight excluding hydrogens is 344 g/mol. The van der Waals surface area contributed by atoms with Crippen LogP contribution in [0.4, 0.5) is 0 Å². The van der Waals surface area contributed by atoms with Gasteiger partial charge in [0.15, 0.2) is 0 Å². The molecule has 0 radical (unpaired) electrons. The Morgan fingerprint density at radius 3 is 2.71 bits per heavy atom. The van der Waals surface area contributed by atoms with Gasteiger partial charge in [-0.25, -0.2) is 0 Å². The molecule has 1 heterocycles. The number of rotatable bonds is 9. The van der Waals surface area contributed by atoms with Crippen molar-refractivity contribution in [1.29, 1.82) is 0 Å². The van der Waals surface area contributed by atoms with Gasteiger partial charge in [-0.15, -0.1) is 24.2 Å². The van der Waals surface area contributed by atoms with E-state index >= 15 is 0 Å². The zero-order valence-corrected chi connectivity index (χ0v) is 15.8. The van der Waals surface area contributed by atoms with E-state index < -0.39 is 0 Å². The molecule has 1 aromatic carbocycles. The maximum absolute atomic E-state index is 12.4. The molecule has 1 aliphatic rings. The Labute approximate surface area is 155 Å². The smallest absolute Gasteiger partial charge is 0.232 e. The Morgan fingerprint density at radius 1 is 1.25 bits per heavy atom. The summed E-state index contributed by atoms with van der Waals surface area (Å²) in [5, 5.41) is 0. The van der Waals surface area contributed by atoms with E-state index in [1.165, 1.54) is 18.4 Å². The summed E-state index contributed by atoms with van der Waals surface area (Å²) in [6.45, 7) is 2.75. The van der Waals surface area contributed by atoms with Crippen LogP contribution in [0.2, 0.25) is 0 Å². The van der Waals surface area contributed by atoms with Crippen LogP contribution in [0, 0.1) is 0 Å². The second-order valence-corrected chi connectivity index (χ2v) is 6.94. The van der Waals surface area contributed by atoms with Crippen LogP contribution in [0.15, 0.2) is 30.3 Å². The summed E-state index contributed by atoms with van der Waals surface area (Å²) in [6, 6.07) is 10.3. The minimum absolute atomic E-state index is 0. The van der Waals surface area contributed by atoms with Crippen LogP contribution in [-0.2, 0) is 16.0 Å². The molecule has 24 heavy (non-hydrogen) atoms. The molecule has 0 aromatic heterocycles. The van der Waals surface area contributed by atoms with Gasteiger partial charge in [0.2, 0.25) is 5.91 Å². The summed E-state index contributed by atoms with van der Waals surface area (Å²) in [5.74, 6) is 1.63. The summed E-state index contributed by atoms with van der Waals surface area (Å²) >= 11 is 1.69. The molecule has 2 N–H and O–H groups in total. The summed E-state index contributed by atoms with van der Waals surface area (Å²) < 4.78 is 5.71. The fourth-order valence-corrected chi connectivity index (χ4v) is 3.73. The molecule has 1 saturated heterocycles. The first-order valence-corrected chi connectivity index (χ1v) is 9.66. The highest BCUT2D eigenvalue weighted by Crippen LogP contribution is 2.17. The monoisotopic (exact) mass is 372 g/mol. The molecule has 136 valence electrons. The normalized spacial score (nSPS) is 17.1. The highest BCUT2D eigenvalue weighted by Gasteiger charge is 2.16. The molecule has 4 nitrogen and oxygen atoms in total. The van der Waals surface area contributed by atoms with Gasteiger partial charge < -0.3 is 15.4 Å². The predicted octanol–water partition coefficient (Wildman–Crippen LogP) is 2.74. The van der Waals surface area contributed by atoms with Crippen LogP contribution in [-0.4, -0.2) is 54.7 Å². The van der Waals surface area contributed by atoms with Gasteiger partial charge in [0.25, 0.3) is 0 Å². The van der Waals surface area contributed by atoms with Crippen LogP contribution in [0.5, 0.6) is 0 Å². The largest absolute Gasteiger partial charge is 0.377 e. The number of nitrogens with two attached hydrogens (primary N) is 1. The first kappa shape index (κ1) is 21.3. The Morgan fingerprint density at radius 2 is 2.04 bits per heavy atom. The van der Waals surface area contributed by atoms with Gasteiger partial charge >= 0.3 is 0 Å². The fourth-order valence-electron chi connectivity index (χ4n) is 2.73. The van der Waals surface area contributed by atoms with Crippen molar-refractivity contribution >= 4 is 30.1 Å². The van der Waals surface area contributed by atoms with Gasteiger partial charge in [0.05, 0.1) is 11.9 Å². The van der Waals surface area contributed by atoms with Crippen molar-refractivity contribution in [1.82, 2.24) is 4.90 Å². The Bertz CT molecular complexity index is 456. The lowest BCUT2D eigenvalue weighted by atomic mass is 10.1. The average Bonchev–Trinajstić information content (AvgIpc) is 2.60. The van der Waals surface area contributed by atoms with E-state index in [0.717, 1.165) is 31.7 Å². The lowest BCUT2D eigenvalue weighted by Crippen LogP contribution is -2.38. The fraction of sp³-hybridized carbons (Fsp3) is 0.611. The Kier molecular flexibility index (Phi) is 11.2. The van der Waals surface area contributed by atoms with Crippen LogP contribution >= 0.6 is 24.2 Å². The maximum atomic E-state index is 12.4. The zero-order chi connectivity index (χ0) is 16.3. The minimum Gasteiger partial charge on any atom is -0.377 e. The van der Waals surface area contributed by atoms with E-state index in [4.69, 9.17) is 10.5 Å². The van der Waals surface area contributed by atoms with Gasteiger partial charge in [-0.3, -0.25) is 4.79 Å². The number of carbonyl (C=O) groups is 1. The molecule has 1 atom stereocenters. The first-order valence-electron chi connectivity index (χ1n) is 8.50. The van der Waals surface area contributed by atoms with E-state index in [9.17, 15) is 4.79 Å². The summed E-state index contributed by atoms with van der Waals surface area (Å²) in [4.78, 5) is 14.3. The van der Waals surface area contributed by atoms with Gasteiger partial charge in [0.1, 0.15) is 0 Å². The number of halogens is 1. The molecule has 0 spiro atoms. The first-order chi connectivity index (χ1) is 11.3. The third-order valence-electron chi connectivity index (χ3n) is 4.07. The van der Waals surface area contributed by atoms with Crippen molar-refractivity contribution in [2.24, 2.45) is 5.73 Å². The topological polar surface area (TPSA) is 55.6 Å². The van der Waals surface area contributed by atoms with Crippen molar-refractivity contribution in [3.8, 4) is 0 Å². The van der Waals surface area contributed by atoms with Crippen molar-refractivity contribution in [2.45, 2.75) is 31.8 Å². The second kappa shape index (κ2) is 12.6. The number of carbonyl (C=O) groups excluding carboxylic acids is 1. The van der Waals surface area contributed by atoms with Crippen LogP contribution in [0.3, 0.4) is 0 Å². The van der Waals surface area contributed by atoms with Crippen LogP contribution in [0.25, 0.3) is 0 Å². The molecule has 1 aliphatic heterocycles. The zero-order valence-electron chi connectivity index (χ0n) is 14.2. The molecular formula is C18H29ClN2O2S. The van der Waals surface area contributed by atoms with E-state index in [1.54, 1.807) is 11.8 Å². The summed E-state index contributed by atoms with van der Waals surface area (Å²) in [6.07, 6.45) is 4.75. The highest BCUT2D eigenvalue weighted by molar-refractivity contribution is 7.99. The molecule has 0 bridgehead atoms. The average molecular weight is 373 g/mol. The van der Waals surface area contributed by atoms with Crippen LogP contribution in [0.1, 0.15) is 24.8 Å². The van der Waals surface area contributed by atoms with Crippen molar-refractivity contribution in [3.05, 3.63) is 35.9 Å². The van der Waals surface area contributed by atoms with E-state index in [2.05, 4.69) is 12.1 Å². The quantitative estimate of drug-likeness (QED) is 0.724. The van der Waals surface area contributed by atoms with Crippen LogP contribution < -0.4 is 5.73 Å². The number of hydrogen-bond donors (Lipinski definition) is 1. The summed E-state index contributed by atoms with van der Waals surface area (Å²) in [5.41, 5.74) is 6.92. The van der Waals surface area contributed by atoms with Gasteiger partial charge in [-0.05, 0) is 31.2 Å². The maximum Gasteiger partial charge on any atom is 0.232 e. The SMILES string of the molecule is Cl.NCCN(CCc1ccccc1)C(=O)CSCC1CCCCO1. The molecule has 6 heteroatoms. The molecule has 2 rings (SSSR count). The van der Waals surface area contributed by atoms with Gasteiger partial charge in [-0.1, -0.05) is 30.3 Å². The molecule has 0 saturated carbocycles. The third kappa shape index (κ3) is 7.88. The molecule has 1 unspecified atom stereocenters. The van der Waals surface area contributed by atoms with Gasteiger partial charge in [-0.2, -0.15) is 0 Å².